The van der Waals surface area contributed by atoms with Gasteiger partial charge in [-0.1, -0.05) is 39.8 Å². The molecule has 1 atom stereocenters. The summed E-state index contributed by atoms with van der Waals surface area (Å²) < 4.78 is 41.9. The molecule has 0 aromatic heterocycles. The van der Waals surface area contributed by atoms with Crippen molar-refractivity contribution in [2.75, 3.05) is 7.05 Å². The lowest BCUT2D eigenvalue weighted by molar-refractivity contribution is -0.144. The zero-order valence-corrected chi connectivity index (χ0v) is 10.8. The van der Waals surface area contributed by atoms with Crippen molar-refractivity contribution in [3.05, 3.63) is 35.9 Å². The monoisotopic (exact) mass is 295 g/mol. The first kappa shape index (κ1) is 15.7. The summed E-state index contributed by atoms with van der Waals surface area (Å²) in [7, 11) is -3.97. The van der Waals surface area contributed by atoms with Gasteiger partial charge < -0.3 is 5.11 Å². The van der Waals surface area contributed by atoms with Gasteiger partial charge in [0.1, 0.15) is 6.04 Å². The van der Waals surface area contributed by atoms with E-state index in [9.17, 15) is 18.4 Å². The summed E-state index contributed by atoms with van der Waals surface area (Å²) in [6, 6.07) is 6.85. The first-order valence-electron chi connectivity index (χ1n) is 5.15. The number of nitrogens with zero attached hydrogens (tertiary/aromatic N) is 1. The number of carboxylic acids is 1. The van der Waals surface area contributed by atoms with Crippen LogP contribution in [0.15, 0.2) is 30.3 Å². The predicted octanol–water partition coefficient (Wildman–Crippen LogP) is 2.52. The maximum atomic E-state index is 12.1. The Kier molecular flexibility index (Phi) is 5.56. The minimum atomic E-state index is -4.90. The van der Waals surface area contributed by atoms with Crippen LogP contribution in [-0.4, -0.2) is 28.8 Å². The number of hydrogen-bond donors (Lipinski definition) is 1. The summed E-state index contributed by atoms with van der Waals surface area (Å²) in [6.45, 7) is 0. The largest absolute Gasteiger partial charge is 0.480 e. The van der Waals surface area contributed by atoms with E-state index >= 15 is 0 Å². The van der Waals surface area contributed by atoms with Crippen LogP contribution in [0.25, 0.3) is 0 Å². The molecule has 1 aromatic carbocycles. The SMILES string of the molecule is CN([C@@H](Cc1ccccc1)C(=O)O)P(=O)(OF)OF. The summed E-state index contributed by atoms with van der Waals surface area (Å²) in [5.41, 5.74) is 0.589. The molecular formula is C10H12F2NO5P. The molecule has 106 valence electrons. The van der Waals surface area contributed by atoms with Crippen LogP contribution in [0.4, 0.5) is 9.05 Å². The van der Waals surface area contributed by atoms with Gasteiger partial charge in [0, 0.05) is 0 Å². The van der Waals surface area contributed by atoms with Crippen LogP contribution in [0, 0.1) is 0 Å². The molecule has 0 fully saturated rings. The Hall–Kier alpha value is -1.34. The highest BCUT2D eigenvalue weighted by molar-refractivity contribution is 7.51. The van der Waals surface area contributed by atoms with Crippen molar-refractivity contribution >= 4 is 13.7 Å². The minimum absolute atomic E-state index is 0.122. The van der Waals surface area contributed by atoms with E-state index < -0.39 is 19.8 Å². The number of benzene rings is 1. The van der Waals surface area contributed by atoms with Gasteiger partial charge in [-0.2, -0.15) is 4.67 Å². The lowest BCUT2D eigenvalue weighted by Gasteiger charge is -2.25. The van der Waals surface area contributed by atoms with Gasteiger partial charge >= 0.3 is 13.7 Å². The van der Waals surface area contributed by atoms with Gasteiger partial charge in [-0.3, -0.25) is 4.79 Å². The van der Waals surface area contributed by atoms with Gasteiger partial charge in [0.15, 0.2) is 0 Å². The number of rotatable bonds is 7. The molecule has 1 aromatic rings. The van der Waals surface area contributed by atoms with Gasteiger partial charge in [-0.15, -0.1) is 0 Å². The Bertz CT molecular complexity index is 464. The van der Waals surface area contributed by atoms with E-state index in [1.165, 1.54) is 0 Å². The molecule has 0 aliphatic heterocycles. The van der Waals surface area contributed by atoms with E-state index in [2.05, 4.69) is 9.46 Å². The molecule has 1 rings (SSSR count). The summed E-state index contributed by atoms with van der Waals surface area (Å²) in [6.07, 6.45) is -0.122. The molecule has 0 bridgehead atoms. The van der Waals surface area contributed by atoms with Gasteiger partial charge in [0.05, 0.1) is 0 Å². The molecule has 0 radical (unpaired) electrons. The number of carbonyl (C=O) groups is 1. The number of halogens is 2. The topological polar surface area (TPSA) is 76.1 Å². The Balaban J connectivity index is 2.96. The highest BCUT2D eigenvalue weighted by Crippen LogP contribution is 2.53. The minimum Gasteiger partial charge on any atom is -0.480 e. The van der Waals surface area contributed by atoms with Crippen LogP contribution in [0.3, 0.4) is 0 Å². The standard InChI is InChI=1S/C10H12F2NO5P/c1-13(19(16,17-11)18-12)9(10(14)15)7-8-5-3-2-4-6-8/h2-6,9H,7H2,1H3,(H,14,15)/t9-/m0/s1. The second-order valence-electron chi connectivity index (χ2n) is 3.72. The third-order valence-electron chi connectivity index (χ3n) is 2.57. The molecule has 0 unspecified atom stereocenters. The normalized spacial score (nSPS) is 13.5. The Morgan fingerprint density at radius 3 is 2.32 bits per heavy atom. The molecule has 0 aliphatic carbocycles. The Morgan fingerprint density at radius 2 is 1.89 bits per heavy atom. The van der Waals surface area contributed by atoms with Crippen LogP contribution in [0.2, 0.25) is 0 Å². The van der Waals surface area contributed by atoms with E-state index in [0.29, 0.717) is 10.2 Å². The summed E-state index contributed by atoms with van der Waals surface area (Å²) in [5.74, 6) is -1.42. The molecule has 0 heterocycles. The first-order chi connectivity index (χ1) is 8.94. The number of aliphatic carboxylic acids is 1. The van der Waals surface area contributed by atoms with Gasteiger partial charge in [0.2, 0.25) is 0 Å². The molecule has 0 saturated carbocycles. The maximum Gasteiger partial charge on any atom is 0.470 e. The maximum absolute atomic E-state index is 12.1. The molecule has 0 amide bonds. The molecule has 0 spiro atoms. The summed E-state index contributed by atoms with van der Waals surface area (Å²) in [4.78, 5) is 11.1. The highest BCUT2D eigenvalue weighted by atomic mass is 31.2. The molecule has 9 heteroatoms. The third kappa shape index (κ3) is 3.81. The molecule has 0 aliphatic rings. The molecular weight excluding hydrogens is 283 g/mol. The van der Waals surface area contributed by atoms with Crippen molar-refractivity contribution in [3.63, 3.8) is 0 Å². The molecule has 19 heavy (non-hydrogen) atoms. The van der Waals surface area contributed by atoms with Crippen LogP contribution in [0.5, 0.6) is 0 Å². The van der Waals surface area contributed by atoms with E-state index in [1.807, 2.05) is 0 Å². The van der Waals surface area contributed by atoms with Crippen molar-refractivity contribution in [1.82, 2.24) is 4.67 Å². The number of hydrogen-bond acceptors (Lipinski definition) is 4. The number of carboxylic acid groups (broad SMARTS) is 1. The fourth-order valence-electron chi connectivity index (χ4n) is 1.50. The lowest BCUT2D eigenvalue weighted by atomic mass is 10.1. The van der Waals surface area contributed by atoms with Crippen molar-refractivity contribution in [3.8, 4) is 0 Å². The van der Waals surface area contributed by atoms with Gasteiger partial charge in [-0.25, -0.2) is 4.57 Å². The summed E-state index contributed by atoms with van der Waals surface area (Å²) in [5, 5.41) is 9.04. The fourth-order valence-corrected chi connectivity index (χ4v) is 2.23. The van der Waals surface area contributed by atoms with E-state index in [-0.39, 0.29) is 6.42 Å². The fraction of sp³-hybridized carbons (Fsp3) is 0.300. The highest BCUT2D eigenvalue weighted by Gasteiger charge is 2.41. The van der Waals surface area contributed by atoms with Crippen LogP contribution in [0.1, 0.15) is 5.56 Å². The van der Waals surface area contributed by atoms with Crippen molar-refractivity contribution in [1.29, 1.82) is 0 Å². The average molecular weight is 295 g/mol. The molecule has 6 nitrogen and oxygen atoms in total. The van der Waals surface area contributed by atoms with E-state index in [0.717, 1.165) is 7.05 Å². The zero-order valence-electron chi connectivity index (χ0n) is 9.90. The van der Waals surface area contributed by atoms with Crippen LogP contribution < -0.4 is 0 Å². The lowest BCUT2D eigenvalue weighted by Crippen LogP contribution is -2.38. The first-order valence-corrected chi connectivity index (χ1v) is 6.65. The molecule has 0 saturated heterocycles. The van der Waals surface area contributed by atoms with Crippen LogP contribution >= 0.6 is 7.75 Å². The van der Waals surface area contributed by atoms with Gasteiger partial charge in [-0.05, 0) is 28.1 Å². The van der Waals surface area contributed by atoms with Crippen molar-refractivity contribution < 1.29 is 33.0 Å². The van der Waals surface area contributed by atoms with Crippen LogP contribution in [-0.2, 0) is 25.2 Å². The second kappa shape index (κ2) is 6.72. The quantitative estimate of drug-likeness (QED) is 0.779. The van der Waals surface area contributed by atoms with Gasteiger partial charge in [0.25, 0.3) is 0 Å². The smallest absolute Gasteiger partial charge is 0.470 e. The average Bonchev–Trinajstić information content (AvgIpc) is 2.44. The summed E-state index contributed by atoms with van der Waals surface area (Å²) >= 11 is 0. The molecule has 1 N–H and O–H groups in total. The van der Waals surface area contributed by atoms with E-state index in [4.69, 9.17) is 5.11 Å². The van der Waals surface area contributed by atoms with E-state index in [1.54, 1.807) is 30.3 Å². The Labute approximate surface area is 107 Å². The van der Waals surface area contributed by atoms with Crippen molar-refractivity contribution in [2.24, 2.45) is 0 Å². The zero-order chi connectivity index (χ0) is 14.5. The predicted molar refractivity (Wildman–Crippen MR) is 61.3 cm³/mol. The second-order valence-corrected chi connectivity index (χ2v) is 5.57. The Morgan fingerprint density at radius 1 is 1.37 bits per heavy atom. The van der Waals surface area contributed by atoms with Crippen molar-refractivity contribution in [2.45, 2.75) is 12.5 Å². The number of likely N-dealkylation sites (N-methyl/N-ethyl adjacent to an activating group) is 1. The third-order valence-corrected chi connectivity index (χ3v) is 3.97.